The van der Waals surface area contributed by atoms with Gasteiger partial charge in [-0.1, -0.05) is 0 Å². The van der Waals surface area contributed by atoms with Crippen molar-refractivity contribution in [3.8, 4) is 5.82 Å². The molecule has 0 bridgehead atoms. The highest BCUT2D eigenvalue weighted by Crippen LogP contribution is 2.22. The number of aromatic nitrogens is 4. The molecule has 0 atom stereocenters. The second-order valence-corrected chi connectivity index (χ2v) is 5.44. The molecule has 1 aliphatic rings. The van der Waals surface area contributed by atoms with Crippen LogP contribution in [0.5, 0.6) is 0 Å². The van der Waals surface area contributed by atoms with Gasteiger partial charge in [-0.3, -0.25) is 0 Å². The predicted octanol–water partition coefficient (Wildman–Crippen LogP) is 0.876. The van der Waals surface area contributed by atoms with Gasteiger partial charge in [0.25, 0.3) is 0 Å². The van der Waals surface area contributed by atoms with Crippen molar-refractivity contribution >= 4 is 11.8 Å². The molecule has 0 saturated carbocycles. The molecule has 8 nitrogen and oxygen atoms in total. The Balaban J connectivity index is 1.64. The van der Waals surface area contributed by atoms with Gasteiger partial charge in [-0.2, -0.15) is 15.1 Å². The van der Waals surface area contributed by atoms with E-state index in [1.54, 1.807) is 18.0 Å². The van der Waals surface area contributed by atoms with Crippen LogP contribution >= 0.6 is 0 Å². The normalized spacial score (nSPS) is 16.0. The van der Waals surface area contributed by atoms with E-state index in [2.05, 4.69) is 20.0 Å². The Bertz CT molecular complexity index is 610. The number of nitrogen functional groups attached to an aromatic ring is 1. The molecule has 124 valence electrons. The van der Waals surface area contributed by atoms with Crippen molar-refractivity contribution in [1.29, 1.82) is 0 Å². The van der Waals surface area contributed by atoms with Crippen molar-refractivity contribution in [1.82, 2.24) is 19.7 Å². The number of hydrogen-bond acceptors (Lipinski definition) is 7. The Morgan fingerprint density at radius 2 is 2.00 bits per heavy atom. The van der Waals surface area contributed by atoms with E-state index in [4.69, 9.17) is 15.2 Å². The Labute approximate surface area is 135 Å². The first kappa shape index (κ1) is 15.7. The van der Waals surface area contributed by atoms with Gasteiger partial charge in [-0.25, -0.2) is 4.68 Å². The summed E-state index contributed by atoms with van der Waals surface area (Å²) in [7, 11) is 1.68. The third-order valence-corrected chi connectivity index (χ3v) is 3.86. The predicted molar refractivity (Wildman–Crippen MR) is 86.6 cm³/mol. The molecule has 23 heavy (non-hydrogen) atoms. The smallest absolute Gasteiger partial charge is 0.224 e. The van der Waals surface area contributed by atoms with E-state index in [0.29, 0.717) is 19.0 Å². The van der Waals surface area contributed by atoms with E-state index in [0.717, 1.165) is 31.7 Å². The molecule has 3 heterocycles. The second kappa shape index (κ2) is 7.38. The maximum atomic E-state index is 5.85. The summed E-state index contributed by atoms with van der Waals surface area (Å²) in [4.78, 5) is 10.8. The summed E-state index contributed by atoms with van der Waals surface area (Å²) in [6.45, 7) is 3.04. The zero-order chi connectivity index (χ0) is 16.1. The van der Waals surface area contributed by atoms with E-state index >= 15 is 0 Å². The maximum Gasteiger partial charge on any atom is 0.224 e. The summed E-state index contributed by atoms with van der Waals surface area (Å²) in [5.41, 5.74) is 5.85. The average Bonchev–Trinajstić information content (AvgIpc) is 3.10. The number of piperidine rings is 1. The first-order valence-electron chi connectivity index (χ1n) is 7.76. The van der Waals surface area contributed by atoms with Gasteiger partial charge in [0.05, 0.1) is 19.3 Å². The van der Waals surface area contributed by atoms with Crippen molar-refractivity contribution in [3.63, 3.8) is 0 Å². The number of methoxy groups -OCH3 is 1. The molecule has 1 aliphatic heterocycles. The van der Waals surface area contributed by atoms with Gasteiger partial charge in [0.1, 0.15) is 5.82 Å². The molecule has 0 aromatic carbocycles. The lowest BCUT2D eigenvalue weighted by atomic mass is 10.1. The van der Waals surface area contributed by atoms with Crippen LogP contribution in [0.25, 0.3) is 5.82 Å². The quantitative estimate of drug-likeness (QED) is 0.790. The molecule has 0 aliphatic carbocycles. The summed E-state index contributed by atoms with van der Waals surface area (Å²) in [6.07, 6.45) is 5.75. The van der Waals surface area contributed by atoms with Crippen LogP contribution in [-0.4, -0.2) is 59.3 Å². The molecule has 2 aromatic heterocycles. The number of ether oxygens (including phenoxy) is 2. The maximum absolute atomic E-state index is 5.85. The van der Waals surface area contributed by atoms with Gasteiger partial charge in [-0.05, 0) is 18.9 Å². The van der Waals surface area contributed by atoms with Crippen molar-refractivity contribution in [2.45, 2.75) is 18.9 Å². The molecule has 0 amide bonds. The first-order valence-corrected chi connectivity index (χ1v) is 7.76. The summed E-state index contributed by atoms with van der Waals surface area (Å²) < 4.78 is 12.5. The van der Waals surface area contributed by atoms with Gasteiger partial charge in [0, 0.05) is 38.7 Å². The number of hydrogen-bond donors (Lipinski definition) is 1. The SMILES string of the molecule is COCCOC1CCN(c2cc(-n3cccn3)nc(N)n2)CC1. The van der Waals surface area contributed by atoms with Crippen LogP contribution in [0.3, 0.4) is 0 Å². The molecule has 0 radical (unpaired) electrons. The lowest BCUT2D eigenvalue weighted by molar-refractivity contribution is 0.00605. The number of nitrogens with two attached hydrogens (primary N) is 1. The van der Waals surface area contributed by atoms with Crippen molar-refractivity contribution in [3.05, 3.63) is 24.5 Å². The minimum atomic E-state index is 0.256. The van der Waals surface area contributed by atoms with Gasteiger partial charge in [0.2, 0.25) is 5.95 Å². The van der Waals surface area contributed by atoms with E-state index in [1.807, 2.05) is 18.3 Å². The molecular weight excluding hydrogens is 296 g/mol. The van der Waals surface area contributed by atoms with Crippen molar-refractivity contribution < 1.29 is 9.47 Å². The molecule has 1 fully saturated rings. The summed E-state index contributed by atoms with van der Waals surface area (Å²) >= 11 is 0. The average molecular weight is 318 g/mol. The standard InChI is InChI=1S/C15H22N6O2/c1-22-9-10-23-12-3-7-20(8-4-12)13-11-14(19-15(16)18-13)21-6-2-5-17-21/h2,5-6,11-12H,3-4,7-10H2,1H3,(H2,16,18,19). The van der Waals surface area contributed by atoms with Crippen LogP contribution in [-0.2, 0) is 9.47 Å². The fourth-order valence-electron chi connectivity index (χ4n) is 2.67. The monoisotopic (exact) mass is 318 g/mol. The molecule has 1 saturated heterocycles. The Kier molecular flexibility index (Phi) is 5.04. The van der Waals surface area contributed by atoms with E-state index < -0.39 is 0 Å². The van der Waals surface area contributed by atoms with Crippen LogP contribution in [0.4, 0.5) is 11.8 Å². The first-order chi connectivity index (χ1) is 11.3. The van der Waals surface area contributed by atoms with Crippen LogP contribution in [0.2, 0.25) is 0 Å². The Hall–Kier alpha value is -2.19. The van der Waals surface area contributed by atoms with Crippen LogP contribution in [0.15, 0.2) is 24.5 Å². The van der Waals surface area contributed by atoms with E-state index in [9.17, 15) is 0 Å². The van der Waals surface area contributed by atoms with Gasteiger partial charge >= 0.3 is 0 Å². The van der Waals surface area contributed by atoms with Crippen LogP contribution in [0.1, 0.15) is 12.8 Å². The number of rotatable bonds is 6. The highest BCUT2D eigenvalue weighted by molar-refractivity contribution is 5.48. The minimum absolute atomic E-state index is 0.256. The highest BCUT2D eigenvalue weighted by Gasteiger charge is 2.21. The van der Waals surface area contributed by atoms with Gasteiger partial charge < -0.3 is 20.1 Å². The molecular formula is C15H22N6O2. The van der Waals surface area contributed by atoms with Crippen molar-refractivity contribution in [2.24, 2.45) is 0 Å². The number of nitrogens with zero attached hydrogens (tertiary/aromatic N) is 5. The topological polar surface area (TPSA) is 91.3 Å². The molecule has 3 rings (SSSR count). The third kappa shape index (κ3) is 3.96. The van der Waals surface area contributed by atoms with Crippen molar-refractivity contribution in [2.75, 3.05) is 44.0 Å². The highest BCUT2D eigenvalue weighted by atomic mass is 16.5. The van der Waals surface area contributed by atoms with Gasteiger partial charge in [-0.15, -0.1) is 0 Å². The number of anilines is 2. The van der Waals surface area contributed by atoms with Gasteiger partial charge in [0.15, 0.2) is 5.82 Å². The Morgan fingerprint density at radius 1 is 1.22 bits per heavy atom. The Morgan fingerprint density at radius 3 is 2.70 bits per heavy atom. The minimum Gasteiger partial charge on any atom is -0.382 e. The molecule has 0 unspecified atom stereocenters. The fourth-order valence-corrected chi connectivity index (χ4v) is 2.67. The lowest BCUT2D eigenvalue weighted by Crippen LogP contribution is -2.38. The fraction of sp³-hybridized carbons (Fsp3) is 0.533. The zero-order valence-corrected chi connectivity index (χ0v) is 13.3. The summed E-state index contributed by atoms with van der Waals surface area (Å²) in [6, 6.07) is 3.76. The van der Waals surface area contributed by atoms with E-state index in [1.165, 1.54) is 0 Å². The molecule has 2 N–H and O–H groups in total. The second-order valence-electron chi connectivity index (χ2n) is 5.44. The van der Waals surface area contributed by atoms with E-state index in [-0.39, 0.29) is 12.1 Å². The molecule has 2 aromatic rings. The zero-order valence-electron chi connectivity index (χ0n) is 13.3. The third-order valence-electron chi connectivity index (χ3n) is 3.86. The van der Waals surface area contributed by atoms with Crippen LogP contribution in [0, 0.1) is 0 Å². The largest absolute Gasteiger partial charge is 0.382 e. The molecule has 8 heteroatoms. The summed E-state index contributed by atoms with van der Waals surface area (Å²) in [5, 5.41) is 4.19. The van der Waals surface area contributed by atoms with Crippen LogP contribution < -0.4 is 10.6 Å². The summed E-state index contributed by atoms with van der Waals surface area (Å²) in [5.74, 6) is 1.76. The molecule has 0 spiro atoms. The lowest BCUT2D eigenvalue weighted by Gasteiger charge is -2.32.